The van der Waals surface area contributed by atoms with Gasteiger partial charge in [0.25, 0.3) is 0 Å². The molecule has 0 spiro atoms. The number of hydrogen-bond donors (Lipinski definition) is 1. The number of carbonyl (C=O) groups excluding carboxylic acids is 1. The van der Waals surface area contributed by atoms with E-state index >= 15 is 0 Å². The van der Waals surface area contributed by atoms with Crippen molar-refractivity contribution in [2.24, 2.45) is 0 Å². The number of benzene rings is 1. The van der Waals surface area contributed by atoms with Gasteiger partial charge >= 0.3 is 5.97 Å². The van der Waals surface area contributed by atoms with Crippen molar-refractivity contribution in [2.75, 3.05) is 7.11 Å². The van der Waals surface area contributed by atoms with E-state index in [9.17, 15) is 9.18 Å². The van der Waals surface area contributed by atoms with Crippen molar-refractivity contribution in [2.45, 2.75) is 19.5 Å². The lowest BCUT2D eigenvalue weighted by molar-refractivity contribution is 0.0595. The Morgan fingerprint density at radius 3 is 2.88 bits per heavy atom. The van der Waals surface area contributed by atoms with Crippen LogP contribution in [-0.2, 0) is 11.3 Å². The molecule has 1 unspecified atom stereocenters. The Balaban J connectivity index is 2.75. The third-order valence-corrected chi connectivity index (χ3v) is 2.42. The normalized spacial score (nSPS) is 11.9. The van der Waals surface area contributed by atoms with Gasteiger partial charge in [-0.25, -0.2) is 9.18 Å². The van der Waals surface area contributed by atoms with Crippen molar-refractivity contribution in [3.05, 3.63) is 47.8 Å². The second kappa shape index (κ2) is 6.15. The average Bonchev–Trinajstić information content (AvgIpc) is 2.35. The van der Waals surface area contributed by atoms with Crippen molar-refractivity contribution in [3.8, 4) is 0 Å². The molecule has 17 heavy (non-hydrogen) atoms. The molecule has 0 heterocycles. The molecule has 0 aliphatic rings. The number of hydrogen-bond acceptors (Lipinski definition) is 3. The maximum atomic E-state index is 13.5. The molecule has 4 heteroatoms. The molecule has 92 valence electrons. The number of ether oxygens (including phenoxy) is 1. The zero-order chi connectivity index (χ0) is 12.8. The number of carbonyl (C=O) groups is 1. The number of methoxy groups -OCH3 is 1. The molecule has 0 saturated carbocycles. The van der Waals surface area contributed by atoms with Crippen LogP contribution >= 0.6 is 0 Å². The molecule has 3 nitrogen and oxygen atoms in total. The van der Waals surface area contributed by atoms with Gasteiger partial charge in [0.1, 0.15) is 5.82 Å². The molecule has 0 aliphatic carbocycles. The molecular formula is C13H16FNO2. The summed E-state index contributed by atoms with van der Waals surface area (Å²) in [4.78, 5) is 11.2. The van der Waals surface area contributed by atoms with Crippen LogP contribution in [0.5, 0.6) is 0 Å². The predicted molar refractivity (Wildman–Crippen MR) is 64.2 cm³/mol. The zero-order valence-electron chi connectivity index (χ0n) is 10.00. The molecule has 1 atom stereocenters. The van der Waals surface area contributed by atoms with Gasteiger partial charge in [0.15, 0.2) is 0 Å². The Labute approximate surface area is 100 Å². The van der Waals surface area contributed by atoms with Crippen LogP contribution in [0.2, 0.25) is 0 Å². The summed E-state index contributed by atoms with van der Waals surface area (Å²) >= 11 is 0. The van der Waals surface area contributed by atoms with Gasteiger partial charge in [-0.2, -0.15) is 0 Å². The Bertz CT molecular complexity index is 418. The first-order chi connectivity index (χ1) is 8.08. The summed E-state index contributed by atoms with van der Waals surface area (Å²) in [5.41, 5.74) is 0.719. The summed E-state index contributed by atoms with van der Waals surface area (Å²) in [6, 6.07) is 4.60. The molecular weight excluding hydrogens is 221 g/mol. The average molecular weight is 237 g/mol. The molecule has 0 amide bonds. The van der Waals surface area contributed by atoms with Crippen molar-refractivity contribution in [1.29, 1.82) is 0 Å². The first-order valence-electron chi connectivity index (χ1n) is 5.31. The molecule has 0 bridgehead atoms. The van der Waals surface area contributed by atoms with Crippen LogP contribution < -0.4 is 5.32 Å². The summed E-state index contributed by atoms with van der Waals surface area (Å²) in [5, 5.41) is 3.14. The van der Waals surface area contributed by atoms with Crippen molar-refractivity contribution in [1.82, 2.24) is 5.32 Å². The lowest BCUT2D eigenvalue weighted by atomic mass is 10.1. The van der Waals surface area contributed by atoms with Crippen LogP contribution in [-0.4, -0.2) is 19.1 Å². The lowest BCUT2D eigenvalue weighted by Gasteiger charge is -2.09. The summed E-state index contributed by atoms with van der Waals surface area (Å²) < 4.78 is 18.0. The molecule has 0 aromatic heterocycles. The highest BCUT2D eigenvalue weighted by Crippen LogP contribution is 2.11. The highest BCUT2D eigenvalue weighted by Gasteiger charge is 2.12. The van der Waals surface area contributed by atoms with E-state index in [1.807, 2.05) is 6.92 Å². The van der Waals surface area contributed by atoms with E-state index in [4.69, 9.17) is 0 Å². The van der Waals surface area contributed by atoms with E-state index in [0.717, 1.165) is 5.56 Å². The summed E-state index contributed by atoms with van der Waals surface area (Å²) in [6.45, 7) is 6.11. The second-order valence-corrected chi connectivity index (χ2v) is 3.71. The van der Waals surface area contributed by atoms with Gasteiger partial charge < -0.3 is 10.1 Å². The largest absolute Gasteiger partial charge is 0.465 e. The van der Waals surface area contributed by atoms with Crippen LogP contribution in [0.1, 0.15) is 22.8 Å². The van der Waals surface area contributed by atoms with E-state index in [-0.39, 0.29) is 11.6 Å². The maximum absolute atomic E-state index is 13.5. The summed E-state index contributed by atoms with van der Waals surface area (Å²) in [5.74, 6) is -1.23. The number of nitrogens with one attached hydrogen (secondary N) is 1. The zero-order valence-corrected chi connectivity index (χ0v) is 10.00. The molecule has 1 rings (SSSR count). The third kappa shape index (κ3) is 3.67. The topological polar surface area (TPSA) is 38.3 Å². The SMILES string of the molecule is C=CC(C)NCc1ccc(C(=O)OC)c(F)c1. The van der Waals surface area contributed by atoms with Crippen LogP contribution in [0.15, 0.2) is 30.9 Å². The third-order valence-electron chi connectivity index (χ3n) is 2.42. The van der Waals surface area contributed by atoms with Crippen LogP contribution in [0.4, 0.5) is 4.39 Å². The molecule has 0 radical (unpaired) electrons. The minimum absolute atomic E-state index is 0.0481. The highest BCUT2D eigenvalue weighted by atomic mass is 19.1. The van der Waals surface area contributed by atoms with Crippen LogP contribution in [0, 0.1) is 5.82 Å². The number of rotatable bonds is 5. The molecule has 0 aliphatic heterocycles. The van der Waals surface area contributed by atoms with E-state index in [1.165, 1.54) is 19.2 Å². The Hall–Kier alpha value is -1.68. The van der Waals surface area contributed by atoms with Gasteiger partial charge in [-0.05, 0) is 24.6 Å². The van der Waals surface area contributed by atoms with E-state index in [0.29, 0.717) is 6.54 Å². The Morgan fingerprint density at radius 2 is 2.35 bits per heavy atom. The second-order valence-electron chi connectivity index (χ2n) is 3.71. The fraction of sp³-hybridized carbons (Fsp3) is 0.308. The van der Waals surface area contributed by atoms with Crippen molar-refractivity contribution >= 4 is 5.97 Å². The standard InChI is InChI=1S/C13H16FNO2/c1-4-9(2)15-8-10-5-6-11(12(14)7-10)13(16)17-3/h4-7,9,15H,1,8H2,2-3H3. The molecule has 1 aromatic rings. The highest BCUT2D eigenvalue weighted by molar-refractivity contribution is 5.89. The van der Waals surface area contributed by atoms with E-state index < -0.39 is 11.8 Å². The van der Waals surface area contributed by atoms with Gasteiger partial charge in [-0.15, -0.1) is 6.58 Å². The summed E-state index contributed by atoms with van der Waals surface area (Å²) in [6.07, 6.45) is 1.76. The van der Waals surface area contributed by atoms with Crippen molar-refractivity contribution in [3.63, 3.8) is 0 Å². The molecule has 0 saturated heterocycles. The Kier molecular flexibility index (Phi) is 4.84. The van der Waals surface area contributed by atoms with Crippen molar-refractivity contribution < 1.29 is 13.9 Å². The molecule has 0 fully saturated rings. The van der Waals surface area contributed by atoms with Gasteiger partial charge in [0, 0.05) is 12.6 Å². The first-order valence-corrected chi connectivity index (χ1v) is 5.31. The molecule has 1 N–H and O–H groups in total. The smallest absolute Gasteiger partial charge is 0.340 e. The minimum atomic E-state index is -0.665. The van der Waals surface area contributed by atoms with Gasteiger partial charge in [-0.3, -0.25) is 0 Å². The number of esters is 1. The number of halogens is 1. The minimum Gasteiger partial charge on any atom is -0.465 e. The van der Waals surface area contributed by atoms with Crippen LogP contribution in [0.3, 0.4) is 0 Å². The monoisotopic (exact) mass is 237 g/mol. The van der Waals surface area contributed by atoms with E-state index in [1.54, 1.807) is 12.1 Å². The first kappa shape index (κ1) is 13.4. The lowest BCUT2D eigenvalue weighted by Crippen LogP contribution is -2.23. The van der Waals surface area contributed by atoms with Gasteiger partial charge in [0.05, 0.1) is 12.7 Å². The maximum Gasteiger partial charge on any atom is 0.340 e. The fourth-order valence-corrected chi connectivity index (χ4v) is 1.31. The molecule has 1 aromatic carbocycles. The van der Waals surface area contributed by atoms with E-state index in [2.05, 4.69) is 16.6 Å². The summed E-state index contributed by atoms with van der Waals surface area (Å²) in [7, 11) is 1.23. The Morgan fingerprint density at radius 1 is 1.65 bits per heavy atom. The van der Waals surface area contributed by atoms with Crippen LogP contribution in [0.25, 0.3) is 0 Å². The predicted octanol–water partition coefficient (Wildman–Crippen LogP) is 2.28. The quantitative estimate of drug-likeness (QED) is 0.630. The fourth-order valence-electron chi connectivity index (χ4n) is 1.31. The van der Waals surface area contributed by atoms with Gasteiger partial charge in [-0.1, -0.05) is 12.1 Å². The van der Waals surface area contributed by atoms with Gasteiger partial charge in [0.2, 0.25) is 0 Å².